The molecule has 0 saturated heterocycles. The Kier molecular flexibility index (Phi) is 5.51. The summed E-state index contributed by atoms with van der Waals surface area (Å²) in [5, 5.41) is 0. The summed E-state index contributed by atoms with van der Waals surface area (Å²) < 4.78 is 59.4. The van der Waals surface area contributed by atoms with Crippen LogP contribution in [0.2, 0.25) is 0 Å². The van der Waals surface area contributed by atoms with Crippen molar-refractivity contribution < 1.29 is 22.0 Å². The maximum absolute atomic E-state index is 11.9. The van der Waals surface area contributed by atoms with Gasteiger partial charge in [-0.15, -0.1) is 0 Å². The Morgan fingerprint density at radius 1 is 1.00 bits per heavy atom. The van der Waals surface area contributed by atoms with Crippen LogP contribution in [0.4, 0.5) is 22.0 Å². The number of halogens is 5. The van der Waals surface area contributed by atoms with Gasteiger partial charge in [0.1, 0.15) is 5.69 Å². The highest BCUT2D eigenvalue weighted by Gasteiger charge is 2.31. The molecule has 20 heavy (non-hydrogen) atoms. The third-order valence-corrected chi connectivity index (χ3v) is 2.03. The smallest absolute Gasteiger partial charge is 0.326 e. The van der Waals surface area contributed by atoms with Crippen molar-refractivity contribution >= 4 is 0 Å². The molecule has 2 aromatic heterocycles. The topological polar surface area (TPSA) is 51.8 Å². The van der Waals surface area contributed by atoms with Crippen molar-refractivity contribution in [3.05, 3.63) is 59.7 Å². The van der Waals surface area contributed by atoms with Crippen LogP contribution in [0.25, 0.3) is 0 Å². The number of hydrogen-bond donors (Lipinski definition) is 1. The zero-order valence-electron chi connectivity index (χ0n) is 10.0. The average molecular weight is 291 g/mol. The second kappa shape index (κ2) is 6.90. The van der Waals surface area contributed by atoms with Crippen LogP contribution >= 0.6 is 0 Å². The first-order chi connectivity index (χ1) is 9.32. The number of alkyl halides is 3. The maximum atomic E-state index is 11.9. The van der Waals surface area contributed by atoms with Crippen LogP contribution in [-0.4, -0.2) is 9.97 Å². The van der Waals surface area contributed by atoms with Gasteiger partial charge in [-0.25, -0.2) is 0 Å². The number of nitrogens with zero attached hydrogens (tertiary/aromatic N) is 2. The number of rotatable bonds is 1. The van der Waals surface area contributed by atoms with Gasteiger partial charge in [-0.3, -0.25) is 4.98 Å². The Labute approximate surface area is 111 Å². The quantitative estimate of drug-likeness (QED) is 0.649. The Balaban J connectivity index is 0.000000217. The van der Waals surface area contributed by atoms with Crippen LogP contribution in [0.3, 0.4) is 0 Å². The van der Waals surface area contributed by atoms with Crippen LogP contribution in [0, 0.1) is 11.9 Å². The van der Waals surface area contributed by atoms with E-state index in [-0.39, 0.29) is 6.54 Å². The van der Waals surface area contributed by atoms with Crippen LogP contribution < -0.4 is 5.73 Å². The van der Waals surface area contributed by atoms with E-state index in [2.05, 4.69) is 9.97 Å². The van der Waals surface area contributed by atoms with Gasteiger partial charge in [0.2, 0.25) is 11.9 Å². The fourth-order valence-corrected chi connectivity index (χ4v) is 1.10. The Bertz CT molecular complexity index is 522. The SMILES string of the molecule is Fc1cccc(F)n1.NCc1ccc(C(F)(F)F)nc1. The summed E-state index contributed by atoms with van der Waals surface area (Å²) >= 11 is 0. The molecule has 0 aliphatic rings. The molecule has 0 atom stereocenters. The van der Waals surface area contributed by atoms with Crippen molar-refractivity contribution in [2.24, 2.45) is 5.73 Å². The molecular weight excluding hydrogens is 281 g/mol. The summed E-state index contributed by atoms with van der Waals surface area (Å²) in [5.74, 6) is -1.57. The molecule has 0 saturated carbocycles. The average Bonchev–Trinajstić information content (AvgIpc) is 2.38. The lowest BCUT2D eigenvalue weighted by molar-refractivity contribution is -0.141. The van der Waals surface area contributed by atoms with Crippen LogP contribution in [-0.2, 0) is 12.7 Å². The molecular formula is C12H10F5N3. The lowest BCUT2D eigenvalue weighted by atomic mass is 10.2. The van der Waals surface area contributed by atoms with Crippen molar-refractivity contribution in [2.75, 3.05) is 0 Å². The lowest BCUT2D eigenvalue weighted by Crippen LogP contribution is -2.08. The van der Waals surface area contributed by atoms with Crippen LogP contribution in [0.1, 0.15) is 11.3 Å². The minimum Gasteiger partial charge on any atom is -0.326 e. The Morgan fingerprint density at radius 2 is 1.60 bits per heavy atom. The largest absolute Gasteiger partial charge is 0.433 e. The summed E-state index contributed by atoms with van der Waals surface area (Å²) in [6.07, 6.45) is -3.24. The van der Waals surface area contributed by atoms with E-state index >= 15 is 0 Å². The molecule has 2 N–H and O–H groups in total. The standard InChI is InChI=1S/C7H7F3N2.C5H3F2N/c8-7(9,10)6-2-1-5(3-11)4-12-6;6-4-2-1-3-5(7)8-4/h1-2,4H,3,11H2;1-3H. The van der Waals surface area contributed by atoms with Gasteiger partial charge in [0.05, 0.1) is 0 Å². The van der Waals surface area contributed by atoms with Crippen molar-refractivity contribution in [3.63, 3.8) is 0 Å². The maximum Gasteiger partial charge on any atom is 0.433 e. The first kappa shape index (κ1) is 16.0. The molecule has 0 aliphatic carbocycles. The van der Waals surface area contributed by atoms with Gasteiger partial charge >= 0.3 is 6.18 Å². The van der Waals surface area contributed by atoms with E-state index in [1.54, 1.807) is 0 Å². The highest BCUT2D eigenvalue weighted by molar-refractivity contribution is 5.15. The highest BCUT2D eigenvalue weighted by Crippen LogP contribution is 2.26. The predicted octanol–water partition coefficient (Wildman–Crippen LogP) is 2.92. The monoisotopic (exact) mass is 291 g/mol. The molecule has 108 valence electrons. The minimum absolute atomic E-state index is 0.200. The second-order valence-electron chi connectivity index (χ2n) is 3.54. The van der Waals surface area contributed by atoms with Crippen molar-refractivity contribution in [2.45, 2.75) is 12.7 Å². The number of hydrogen-bond acceptors (Lipinski definition) is 3. The van der Waals surface area contributed by atoms with E-state index in [1.807, 2.05) is 0 Å². The van der Waals surface area contributed by atoms with Crippen molar-refractivity contribution in [3.8, 4) is 0 Å². The second-order valence-corrected chi connectivity index (χ2v) is 3.54. The van der Waals surface area contributed by atoms with Crippen LogP contribution in [0.15, 0.2) is 36.5 Å². The molecule has 0 bridgehead atoms. The molecule has 3 nitrogen and oxygen atoms in total. The number of pyridine rings is 2. The molecule has 2 heterocycles. The molecule has 0 aromatic carbocycles. The fraction of sp³-hybridized carbons (Fsp3) is 0.167. The van der Waals surface area contributed by atoms with Crippen molar-refractivity contribution in [1.82, 2.24) is 9.97 Å². The molecule has 2 rings (SSSR count). The van der Waals surface area contributed by atoms with Gasteiger partial charge in [-0.1, -0.05) is 12.1 Å². The molecule has 0 aliphatic heterocycles. The van der Waals surface area contributed by atoms with Gasteiger partial charge in [-0.05, 0) is 23.8 Å². The first-order valence-electron chi connectivity index (χ1n) is 5.33. The third kappa shape index (κ3) is 5.27. The van der Waals surface area contributed by atoms with E-state index in [4.69, 9.17) is 5.73 Å². The van der Waals surface area contributed by atoms with E-state index < -0.39 is 23.8 Å². The minimum atomic E-state index is -4.37. The van der Waals surface area contributed by atoms with Gasteiger partial charge in [0.15, 0.2) is 0 Å². The van der Waals surface area contributed by atoms with Gasteiger partial charge in [0.25, 0.3) is 0 Å². The molecule has 8 heteroatoms. The number of nitrogens with two attached hydrogens (primary N) is 1. The summed E-state index contributed by atoms with van der Waals surface area (Å²) in [5.41, 5.74) is 4.88. The molecule has 0 radical (unpaired) electrons. The van der Waals surface area contributed by atoms with E-state index in [1.165, 1.54) is 12.1 Å². The predicted molar refractivity (Wildman–Crippen MR) is 61.3 cm³/mol. The summed E-state index contributed by atoms with van der Waals surface area (Å²) in [4.78, 5) is 6.06. The van der Waals surface area contributed by atoms with Crippen molar-refractivity contribution in [1.29, 1.82) is 0 Å². The fourth-order valence-electron chi connectivity index (χ4n) is 1.10. The molecule has 0 amide bonds. The van der Waals surface area contributed by atoms with Gasteiger partial charge in [0, 0.05) is 12.7 Å². The lowest BCUT2D eigenvalue weighted by Gasteiger charge is -2.04. The number of aromatic nitrogens is 2. The normalized spacial score (nSPS) is 10.7. The summed E-state index contributed by atoms with van der Waals surface area (Å²) in [6, 6.07) is 5.67. The Morgan fingerprint density at radius 3 is 1.90 bits per heavy atom. The van der Waals surface area contributed by atoms with Gasteiger partial charge < -0.3 is 5.73 Å². The van der Waals surface area contributed by atoms with E-state index in [9.17, 15) is 22.0 Å². The molecule has 2 aromatic rings. The molecule has 0 spiro atoms. The van der Waals surface area contributed by atoms with E-state index in [0.29, 0.717) is 5.56 Å². The van der Waals surface area contributed by atoms with Crippen LogP contribution in [0.5, 0.6) is 0 Å². The third-order valence-electron chi connectivity index (χ3n) is 2.03. The molecule has 0 fully saturated rings. The summed E-state index contributed by atoms with van der Waals surface area (Å²) in [7, 11) is 0. The van der Waals surface area contributed by atoms with E-state index in [0.717, 1.165) is 24.4 Å². The zero-order chi connectivity index (χ0) is 15.2. The van der Waals surface area contributed by atoms with Gasteiger partial charge in [-0.2, -0.15) is 26.9 Å². The highest BCUT2D eigenvalue weighted by atomic mass is 19.4. The molecule has 0 unspecified atom stereocenters. The zero-order valence-corrected chi connectivity index (χ0v) is 10.0. The summed E-state index contributed by atoms with van der Waals surface area (Å²) in [6.45, 7) is 0.200. The Hall–Kier alpha value is -2.09. The first-order valence-corrected chi connectivity index (χ1v) is 5.33.